The van der Waals surface area contributed by atoms with Crippen molar-refractivity contribution in [3.8, 4) is 0 Å². The van der Waals surface area contributed by atoms with Crippen LogP contribution in [0.1, 0.15) is 12.8 Å². The van der Waals surface area contributed by atoms with Crippen LogP contribution in [0, 0.1) is 10.1 Å². The van der Waals surface area contributed by atoms with Gasteiger partial charge in [0, 0.05) is 31.3 Å². The summed E-state index contributed by atoms with van der Waals surface area (Å²) in [5, 5.41) is 11.7. The van der Waals surface area contributed by atoms with Crippen molar-refractivity contribution in [2.75, 3.05) is 18.0 Å². The van der Waals surface area contributed by atoms with E-state index >= 15 is 0 Å². The first kappa shape index (κ1) is 12.3. The topological polar surface area (TPSA) is 85.3 Å². The van der Waals surface area contributed by atoms with Crippen LogP contribution in [0.4, 0.5) is 10.8 Å². The van der Waals surface area contributed by atoms with Gasteiger partial charge in [-0.3, -0.25) is 10.1 Å². The molecule has 100 valence electrons. The lowest BCUT2D eigenvalue weighted by Gasteiger charge is -2.22. The van der Waals surface area contributed by atoms with Crippen LogP contribution in [0.25, 0.3) is 10.2 Å². The maximum absolute atomic E-state index is 10.8. The van der Waals surface area contributed by atoms with Crippen molar-refractivity contribution in [2.24, 2.45) is 5.73 Å². The Morgan fingerprint density at radius 3 is 3.16 bits per heavy atom. The molecule has 2 aromatic rings. The molecule has 3 rings (SSSR count). The minimum atomic E-state index is -0.392. The van der Waals surface area contributed by atoms with Crippen molar-refractivity contribution in [2.45, 2.75) is 18.9 Å². The Bertz CT molecular complexity index is 627. The third-order valence-electron chi connectivity index (χ3n) is 3.47. The SMILES string of the molecule is NC[C@@H]1CCCN1c1nc2cc([N+](=O)[O-])ccc2s1. The number of nitrogens with zero attached hydrogens (tertiary/aromatic N) is 3. The van der Waals surface area contributed by atoms with Gasteiger partial charge in [-0.2, -0.15) is 0 Å². The van der Waals surface area contributed by atoms with E-state index in [1.807, 2.05) is 0 Å². The third-order valence-corrected chi connectivity index (χ3v) is 4.54. The summed E-state index contributed by atoms with van der Waals surface area (Å²) in [4.78, 5) is 17.1. The zero-order valence-corrected chi connectivity index (χ0v) is 11.1. The van der Waals surface area contributed by atoms with E-state index in [-0.39, 0.29) is 5.69 Å². The maximum atomic E-state index is 10.8. The first-order valence-electron chi connectivity index (χ1n) is 6.21. The van der Waals surface area contributed by atoms with Gasteiger partial charge in [-0.25, -0.2) is 4.98 Å². The summed E-state index contributed by atoms with van der Waals surface area (Å²) >= 11 is 1.57. The smallest absolute Gasteiger partial charge is 0.271 e. The van der Waals surface area contributed by atoms with Crippen molar-refractivity contribution in [3.63, 3.8) is 0 Å². The van der Waals surface area contributed by atoms with Crippen LogP contribution in [0.15, 0.2) is 18.2 Å². The van der Waals surface area contributed by atoms with Crippen molar-refractivity contribution >= 4 is 32.4 Å². The molecule has 0 unspecified atom stereocenters. The Hall–Kier alpha value is -1.73. The van der Waals surface area contributed by atoms with Crippen molar-refractivity contribution in [3.05, 3.63) is 28.3 Å². The summed E-state index contributed by atoms with van der Waals surface area (Å²) < 4.78 is 0.975. The van der Waals surface area contributed by atoms with E-state index in [9.17, 15) is 10.1 Å². The van der Waals surface area contributed by atoms with Crippen molar-refractivity contribution in [1.29, 1.82) is 0 Å². The quantitative estimate of drug-likeness (QED) is 0.686. The lowest BCUT2D eigenvalue weighted by atomic mass is 10.2. The number of fused-ring (bicyclic) bond motifs is 1. The molecule has 1 atom stereocenters. The van der Waals surface area contributed by atoms with Crippen LogP contribution in [0.5, 0.6) is 0 Å². The van der Waals surface area contributed by atoms with Gasteiger partial charge in [0.2, 0.25) is 0 Å². The largest absolute Gasteiger partial charge is 0.344 e. The van der Waals surface area contributed by atoms with Crippen molar-refractivity contribution in [1.82, 2.24) is 4.98 Å². The number of hydrogen-bond donors (Lipinski definition) is 1. The highest BCUT2D eigenvalue weighted by molar-refractivity contribution is 7.22. The van der Waals surface area contributed by atoms with Gasteiger partial charge in [0.05, 0.1) is 15.1 Å². The highest BCUT2D eigenvalue weighted by atomic mass is 32.1. The molecule has 0 spiro atoms. The number of nitro groups is 1. The first-order chi connectivity index (χ1) is 9.19. The summed E-state index contributed by atoms with van der Waals surface area (Å²) in [6, 6.07) is 5.16. The normalized spacial score (nSPS) is 19.2. The molecule has 19 heavy (non-hydrogen) atoms. The molecule has 1 aromatic heterocycles. The molecule has 0 amide bonds. The molecule has 0 radical (unpaired) electrons. The third kappa shape index (κ3) is 2.15. The number of non-ortho nitro benzene ring substituents is 1. The van der Waals surface area contributed by atoms with E-state index in [0.29, 0.717) is 18.1 Å². The monoisotopic (exact) mass is 278 g/mol. The highest BCUT2D eigenvalue weighted by Gasteiger charge is 2.26. The molecule has 0 aliphatic carbocycles. The Morgan fingerprint density at radius 1 is 1.58 bits per heavy atom. The molecule has 2 heterocycles. The van der Waals surface area contributed by atoms with Crippen LogP contribution in [0.3, 0.4) is 0 Å². The van der Waals surface area contributed by atoms with E-state index in [4.69, 9.17) is 5.73 Å². The molecule has 1 saturated heterocycles. The molecule has 1 aliphatic rings. The number of aromatic nitrogens is 1. The number of anilines is 1. The average Bonchev–Trinajstić information content (AvgIpc) is 3.03. The molecule has 1 aromatic carbocycles. The Morgan fingerprint density at radius 2 is 2.42 bits per heavy atom. The summed E-state index contributed by atoms with van der Waals surface area (Å²) in [6.45, 7) is 1.58. The lowest BCUT2D eigenvalue weighted by molar-refractivity contribution is -0.384. The summed E-state index contributed by atoms with van der Waals surface area (Å²) in [5.74, 6) is 0. The molecular weight excluding hydrogens is 264 g/mol. The zero-order valence-electron chi connectivity index (χ0n) is 10.3. The van der Waals surface area contributed by atoms with Crippen LogP contribution in [0.2, 0.25) is 0 Å². The number of hydrogen-bond acceptors (Lipinski definition) is 6. The number of nitro benzene ring substituents is 1. The number of benzene rings is 1. The van der Waals surface area contributed by atoms with E-state index in [1.54, 1.807) is 17.4 Å². The van der Waals surface area contributed by atoms with Crippen molar-refractivity contribution < 1.29 is 4.92 Å². The van der Waals surface area contributed by atoms with Gasteiger partial charge in [0.1, 0.15) is 0 Å². The molecule has 0 saturated carbocycles. The Kier molecular flexibility index (Phi) is 3.08. The lowest BCUT2D eigenvalue weighted by Crippen LogP contribution is -2.35. The highest BCUT2D eigenvalue weighted by Crippen LogP contribution is 2.34. The maximum Gasteiger partial charge on any atom is 0.271 e. The molecular formula is C12H14N4O2S. The van der Waals surface area contributed by atoms with Gasteiger partial charge < -0.3 is 10.6 Å². The summed E-state index contributed by atoms with van der Waals surface area (Å²) in [6.07, 6.45) is 2.21. The van der Waals surface area contributed by atoms with E-state index in [1.165, 1.54) is 12.1 Å². The standard InChI is InChI=1S/C12H14N4O2S/c13-7-9-2-1-5-15(9)12-14-10-6-8(16(17)18)3-4-11(10)19-12/h3-4,6,9H,1-2,5,7,13H2/t9-/m0/s1. The fourth-order valence-corrected chi connectivity index (χ4v) is 3.52. The van der Waals surface area contributed by atoms with Gasteiger partial charge in [-0.15, -0.1) is 0 Å². The second-order valence-corrected chi connectivity index (χ2v) is 5.64. The van der Waals surface area contributed by atoms with E-state index in [2.05, 4.69) is 9.88 Å². The predicted molar refractivity (Wildman–Crippen MR) is 75.7 cm³/mol. The molecule has 6 nitrogen and oxygen atoms in total. The van der Waals surface area contributed by atoms with Gasteiger partial charge in [-0.05, 0) is 18.9 Å². The fourth-order valence-electron chi connectivity index (χ4n) is 2.47. The average molecular weight is 278 g/mol. The zero-order chi connectivity index (χ0) is 13.4. The summed E-state index contributed by atoms with van der Waals surface area (Å²) in [5.41, 5.74) is 6.54. The number of rotatable bonds is 3. The van der Waals surface area contributed by atoms with Crippen LogP contribution in [-0.2, 0) is 0 Å². The number of nitrogens with two attached hydrogens (primary N) is 1. The minimum absolute atomic E-state index is 0.0844. The molecule has 0 bridgehead atoms. The fraction of sp³-hybridized carbons (Fsp3) is 0.417. The van der Waals surface area contributed by atoms with Crippen LogP contribution in [-0.4, -0.2) is 29.0 Å². The first-order valence-corrected chi connectivity index (χ1v) is 7.02. The molecule has 1 aliphatic heterocycles. The predicted octanol–water partition coefficient (Wildman–Crippen LogP) is 2.13. The minimum Gasteiger partial charge on any atom is -0.344 e. The van der Waals surface area contributed by atoms with E-state index < -0.39 is 4.92 Å². The molecule has 1 fully saturated rings. The molecule has 2 N–H and O–H groups in total. The molecule has 7 heteroatoms. The second-order valence-electron chi connectivity index (χ2n) is 4.63. The second kappa shape index (κ2) is 4.75. The van der Waals surface area contributed by atoms with Gasteiger partial charge in [-0.1, -0.05) is 11.3 Å². The van der Waals surface area contributed by atoms with E-state index in [0.717, 1.165) is 29.2 Å². The Labute approximate surface area is 114 Å². The number of thiazole rings is 1. The van der Waals surface area contributed by atoms with Gasteiger partial charge >= 0.3 is 0 Å². The van der Waals surface area contributed by atoms with Gasteiger partial charge in [0.25, 0.3) is 5.69 Å². The summed E-state index contributed by atoms with van der Waals surface area (Å²) in [7, 11) is 0. The van der Waals surface area contributed by atoms with Crippen LogP contribution >= 0.6 is 11.3 Å². The Balaban J connectivity index is 1.99. The van der Waals surface area contributed by atoms with Gasteiger partial charge in [0.15, 0.2) is 5.13 Å². The van der Waals surface area contributed by atoms with Crippen LogP contribution < -0.4 is 10.6 Å².